The minimum absolute atomic E-state index is 0.950. The van der Waals surface area contributed by atoms with Crippen LogP contribution in [0.5, 0.6) is 0 Å². The number of anilines is 1. The van der Waals surface area contributed by atoms with Crippen molar-refractivity contribution in [2.24, 2.45) is 5.92 Å². The highest BCUT2D eigenvalue weighted by Gasteiger charge is 2.20. The molecule has 1 aromatic rings. The second-order valence-electron chi connectivity index (χ2n) is 3.69. The quantitative estimate of drug-likeness (QED) is 0.894. The van der Waals surface area contributed by atoms with E-state index in [1.54, 1.807) is 0 Å². The molecule has 2 rings (SSSR count). The van der Waals surface area contributed by atoms with Gasteiger partial charge in [-0.25, -0.2) is 0 Å². The summed E-state index contributed by atoms with van der Waals surface area (Å²) in [6, 6.07) is 8.56. The van der Waals surface area contributed by atoms with Crippen molar-refractivity contribution < 1.29 is 9.59 Å². The summed E-state index contributed by atoms with van der Waals surface area (Å²) in [5.41, 5.74) is 2.60. The van der Waals surface area contributed by atoms with Crippen molar-refractivity contribution in [3.63, 3.8) is 0 Å². The van der Waals surface area contributed by atoms with Gasteiger partial charge in [-0.2, -0.15) is 0 Å². The van der Waals surface area contributed by atoms with E-state index in [9.17, 15) is 0 Å². The van der Waals surface area contributed by atoms with Gasteiger partial charge in [0.25, 0.3) is 0 Å². The Morgan fingerprint density at radius 1 is 1.17 bits per heavy atom. The number of hydrogen-bond donors (Lipinski definition) is 1. The summed E-state index contributed by atoms with van der Waals surface area (Å²) in [5.74, 6) is 0.950. The standard InChI is InChI=1S/C11H15N.C2H6.2CH2O/c1-9-3-2-4-11(7-9)12-8-10-5-6-10;3*1-2/h2-4,7,10,12H,5-6,8H2,1H3;1-2H3;2*1H2. The number of carbonyl (C=O) groups is 2. The molecule has 0 radical (unpaired) electrons. The van der Waals surface area contributed by atoms with Crippen LogP contribution in [0, 0.1) is 12.8 Å². The van der Waals surface area contributed by atoms with Gasteiger partial charge >= 0.3 is 0 Å². The van der Waals surface area contributed by atoms with Crippen LogP contribution < -0.4 is 5.32 Å². The lowest BCUT2D eigenvalue weighted by atomic mass is 10.2. The normalized spacial score (nSPS) is 11.5. The van der Waals surface area contributed by atoms with Crippen molar-refractivity contribution in [3.8, 4) is 0 Å². The fourth-order valence-electron chi connectivity index (χ4n) is 1.34. The van der Waals surface area contributed by atoms with Crippen molar-refractivity contribution in [1.29, 1.82) is 0 Å². The van der Waals surface area contributed by atoms with Crippen LogP contribution in [0.3, 0.4) is 0 Å². The summed E-state index contributed by atoms with van der Waals surface area (Å²) >= 11 is 0. The molecule has 102 valence electrons. The molecule has 1 aliphatic carbocycles. The summed E-state index contributed by atoms with van der Waals surface area (Å²) in [6.07, 6.45) is 2.83. The molecule has 1 saturated carbocycles. The van der Waals surface area contributed by atoms with Gasteiger partial charge in [0, 0.05) is 12.2 Å². The highest BCUT2D eigenvalue weighted by molar-refractivity contribution is 5.45. The molecule has 0 aliphatic heterocycles. The number of carbonyl (C=O) groups excluding carboxylic acids is 2. The Bertz CT molecular complexity index is 296. The molecule has 0 unspecified atom stereocenters. The van der Waals surface area contributed by atoms with E-state index in [4.69, 9.17) is 9.59 Å². The summed E-state index contributed by atoms with van der Waals surface area (Å²) in [5, 5.41) is 3.45. The highest BCUT2D eigenvalue weighted by Crippen LogP contribution is 2.28. The zero-order chi connectivity index (χ0) is 14.4. The first-order valence-corrected chi connectivity index (χ1v) is 6.23. The third-order valence-corrected chi connectivity index (χ3v) is 2.31. The lowest BCUT2D eigenvalue weighted by Gasteiger charge is -2.05. The molecule has 3 nitrogen and oxygen atoms in total. The largest absolute Gasteiger partial charge is 0.385 e. The van der Waals surface area contributed by atoms with Crippen LogP contribution in [0.4, 0.5) is 5.69 Å². The van der Waals surface area contributed by atoms with E-state index >= 15 is 0 Å². The van der Waals surface area contributed by atoms with Crippen LogP contribution in [0.15, 0.2) is 24.3 Å². The molecule has 1 N–H and O–H groups in total. The van der Waals surface area contributed by atoms with Gasteiger partial charge in [-0.05, 0) is 43.4 Å². The average Bonchev–Trinajstić information content (AvgIpc) is 3.28. The first-order chi connectivity index (χ1) is 8.84. The topological polar surface area (TPSA) is 46.2 Å². The minimum atomic E-state index is 0.950. The molecular weight excluding hydrogens is 226 g/mol. The summed E-state index contributed by atoms with van der Waals surface area (Å²) < 4.78 is 0. The Kier molecular flexibility index (Phi) is 14.0. The number of hydrogen-bond acceptors (Lipinski definition) is 3. The Balaban J connectivity index is 0. The van der Waals surface area contributed by atoms with E-state index in [0.29, 0.717) is 0 Å². The molecule has 1 fully saturated rings. The van der Waals surface area contributed by atoms with Crippen LogP contribution in [0.1, 0.15) is 32.3 Å². The monoisotopic (exact) mass is 251 g/mol. The van der Waals surface area contributed by atoms with Crippen LogP contribution in [-0.2, 0) is 9.59 Å². The highest BCUT2D eigenvalue weighted by atomic mass is 16.1. The maximum absolute atomic E-state index is 8.00. The molecule has 0 amide bonds. The van der Waals surface area contributed by atoms with E-state index in [-0.39, 0.29) is 0 Å². The average molecular weight is 251 g/mol. The van der Waals surface area contributed by atoms with E-state index < -0.39 is 0 Å². The fraction of sp³-hybridized carbons (Fsp3) is 0.467. The molecule has 18 heavy (non-hydrogen) atoms. The zero-order valence-corrected chi connectivity index (χ0v) is 11.7. The van der Waals surface area contributed by atoms with Crippen molar-refractivity contribution in [2.75, 3.05) is 11.9 Å². The van der Waals surface area contributed by atoms with E-state index in [1.807, 2.05) is 27.4 Å². The van der Waals surface area contributed by atoms with Gasteiger partial charge in [0.15, 0.2) is 0 Å². The number of rotatable bonds is 3. The predicted octanol–water partition coefficient (Wildman–Crippen LogP) is 3.47. The Morgan fingerprint density at radius 3 is 2.17 bits per heavy atom. The van der Waals surface area contributed by atoms with Crippen molar-refractivity contribution in [1.82, 2.24) is 0 Å². The second-order valence-corrected chi connectivity index (χ2v) is 3.69. The number of benzene rings is 1. The molecule has 0 atom stereocenters. The van der Waals surface area contributed by atoms with E-state index in [1.165, 1.54) is 24.1 Å². The number of aryl methyl sites for hydroxylation is 1. The third-order valence-electron chi connectivity index (χ3n) is 2.31. The summed E-state index contributed by atoms with van der Waals surface area (Å²) in [6.45, 7) is 11.3. The van der Waals surface area contributed by atoms with Crippen LogP contribution in [-0.4, -0.2) is 20.1 Å². The lowest BCUT2D eigenvalue weighted by molar-refractivity contribution is -0.0987. The van der Waals surface area contributed by atoms with Crippen LogP contribution in [0.25, 0.3) is 0 Å². The second kappa shape index (κ2) is 13.4. The van der Waals surface area contributed by atoms with Gasteiger partial charge in [-0.1, -0.05) is 26.0 Å². The maximum atomic E-state index is 8.00. The minimum Gasteiger partial charge on any atom is -0.385 e. The fourth-order valence-corrected chi connectivity index (χ4v) is 1.34. The first kappa shape index (κ1) is 18.7. The summed E-state index contributed by atoms with van der Waals surface area (Å²) in [4.78, 5) is 16.0. The molecule has 0 spiro atoms. The Hall–Kier alpha value is -1.64. The smallest absolute Gasteiger partial charge is 0.106 e. The maximum Gasteiger partial charge on any atom is 0.106 e. The van der Waals surface area contributed by atoms with Gasteiger partial charge in [0.2, 0.25) is 0 Å². The van der Waals surface area contributed by atoms with Gasteiger partial charge in [0.1, 0.15) is 13.6 Å². The van der Waals surface area contributed by atoms with Gasteiger partial charge < -0.3 is 14.9 Å². The first-order valence-electron chi connectivity index (χ1n) is 6.23. The zero-order valence-electron chi connectivity index (χ0n) is 11.7. The molecule has 1 aliphatic rings. The van der Waals surface area contributed by atoms with Crippen LogP contribution >= 0.6 is 0 Å². The Labute approximate surface area is 111 Å². The molecule has 0 heterocycles. The third kappa shape index (κ3) is 9.58. The summed E-state index contributed by atoms with van der Waals surface area (Å²) in [7, 11) is 0. The van der Waals surface area contributed by atoms with Crippen molar-refractivity contribution in [2.45, 2.75) is 33.6 Å². The molecule has 0 bridgehead atoms. The number of nitrogens with one attached hydrogen (secondary N) is 1. The SMILES string of the molecule is C=O.C=O.CC.Cc1cccc(NCC2CC2)c1. The van der Waals surface area contributed by atoms with Crippen molar-refractivity contribution in [3.05, 3.63) is 29.8 Å². The molecule has 3 heteroatoms. The molecule has 0 aromatic heterocycles. The molecular formula is C15H25NO2. The lowest BCUT2D eigenvalue weighted by Crippen LogP contribution is -2.02. The van der Waals surface area contributed by atoms with Gasteiger partial charge in [-0.3, -0.25) is 0 Å². The van der Waals surface area contributed by atoms with Crippen LogP contribution in [0.2, 0.25) is 0 Å². The predicted molar refractivity (Wildman–Crippen MR) is 78.0 cm³/mol. The van der Waals surface area contributed by atoms with E-state index in [2.05, 4.69) is 36.5 Å². The molecule has 1 aromatic carbocycles. The van der Waals surface area contributed by atoms with Gasteiger partial charge in [-0.15, -0.1) is 0 Å². The van der Waals surface area contributed by atoms with E-state index in [0.717, 1.165) is 12.5 Å². The molecule has 0 saturated heterocycles. The van der Waals surface area contributed by atoms with Crippen molar-refractivity contribution >= 4 is 19.3 Å². The van der Waals surface area contributed by atoms with Gasteiger partial charge in [0.05, 0.1) is 0 Å². The Morgan fingerprint density at radius 2 is 1.72 bits per heavy atom.